The Morgan fingerprint density at radius 3 is 2.37 bits per heavy atom. The molecule has 2 N–H and O–H groups in total. The van der Waals surface area contributed by atoms with Crippen LogP contribution in [0.25, 0.3) is 0 Å². The van der Waals surface area contributed by atoms with Crippen molar-refractivity contribution in [2.45, 2.75) is 23.8 Å². The van der Waals surface area contributed by atoms with Gasteiger partial charge in [-0.3, -0.25) is 9.89 Å². The molecule has 6 nitrogen and oxygen atoms in total. The number of rotatable bonds is 4. The van der Waals surface area contributed by atoms with E-state index in [0.717, 1.165) is 67.3 Å². The van der Waals surface area contributed by atoms with Crippen molar-refractivity contribution in [3.63, 3.8) is 0 Å². The third-order valence-corrected chi connectivity index (χ3v) is 6.22. The maximum absolute atomic E-state index is 12.8. The van der Waals surface area contributed by atoms with Gasteiger partial charge in [0.25, 0.3) is 5.91 Å². The number of H-pyrrole nitrogens is 1. The summed E-state index contributed by atoms with van der Waals surface area (Å²) in [6.07, 6.45) is 3.75. The van der Waals surface area contributed by atoms with Crippen LogP contribution in [0.4, 0.5) is 0 Å². The van der Waals surface area contributed by atoms with Crippen molar-refractivity contribution in [2.75, 3.05) is 26.2 Å². The average Bonchev–Trinajstić information content (AvgIpc) is 3.29. The van der Waals surface area contributed by atoms with E-state index in [9.17, 15) is 4.79 Å². The van der Waals surface area contributed by atoms with Crippen LogP contribution in [0, 0.1) is 11.8 Å². The number of amides is 1. The molecule has 3 heterocycles. The number of carbonyl (C=O) groups is 1. The van der Waals surface area contributed by atoms with Gasteiger partial charge in [0.15, 0.2) is 5.16 Å². The average molecular weight is 430 g/mol. The largest absolute Gasteiger partial charge is 0.339 e. The van der Waals surface area contributed by atoms with Crippen LogP contribution in [0.2, 0.25) is 0 Å². The molecule has 27 heavy (non-hydrogen) atoms. The number of benzene rings is 1. The number of nitrogens with zero attached hydrogens (tertiary/aromatic N) is 3. The molecular weight excluding hydrogens is 405 g/mol. The predicted octanol–water partition coefficient (Wildman–Crippen LogP) is 3.01. The second-order valence-electron chi connectivity index (χ2n) is 6.82. The quantitative estimate of drug-likeness (QED) is 0.730. The molecule has 0 radical (unpaired) electrons. The van der Waals surface area contributed by atoms with Crippen LogP contribution in [-0.4, -0.2) is 52.2 Å². The van der Waals surface area contributed by atoms with Gasteiger partial charge in [-0.05, 0) is 55.5 Å². The van der Waals surface area contributed by atoms with Crippen molar-refractivity contribution in [3.8, 4) is 0 Å². The zero-order valence-electron chi connectivity index (χ0n) is 15.0. The van der Waals surface area contributed by atoms with Crippen molar-refractivity contribution in [1.29, 1.82) is 0 Å². The summed E-state index contributed by atoms with van der Waals surface area (Å²) in [5.74, 6) is 2.47. The Hall–Kier alpha value is -1.28. The second kappa shape index (κ2) is 10.3. The molecule has 1 amide bonds. The third-order valence-electron chi connectivity index (χ3n) is 5.28. The highest BCUT2D eigenvalue weighted by molar-refractivity contribution is 7.98. The van der Waals surface area contributed by atoms with Gasteiger partial charge >= 0.3 is 0 Å². The SMILES string of the molecule is Cl.Cl.O=C(c1ccc(CSc2ncn[nH]2)cc1)N1CC[C@@H]2CNC[C@@H]2CC1. The topological polar surface area (TPSA) is 73.9 Å². The molecule has 2 saturated heterocycles. The highest BCUT2D eigenvalue weighted by atomic mass is 35.5. The van der Waals surface area contributed by atoms with E-state index in [2.05, 4.69) is 20.5 Å². The third kappa shape index (κ3) is 5.38. The van der Waals surface area contributed by atoms with Gasteiger partial charge in [0.1, 0.15) is 6.33 Å². The normalized spacial score (nSPS) is 21.6. The minimum Gasteiger partial charge on any atom is -0.339 e. The standard InChI is InChI=1S/C18H23N5OS.2ClH/c24-17(23-7-5-15-9-19-10-16(15)6-8-23)14-3-1-13(2-4-14)11-25-18-20-12-21-22-18;;/h1-4,12,15-16,19H,5-11H2,(H,20,21,22);2*1H/t15-,16+;;. The Labute approximate surface area is 176 Å². The highest BCUT2D eigenvalue weighted by Crippen LogP contribution is 2.28. The first-order valence-corrected chi connectivity index (χ1v) is 9.85. The lowest BCUT2D eigenvalue weighted by Gasteiger charge is -2.21. The van der Waals surface area contributed by atoms with Crippen LogP contribution in [-0.2, 0) is 5.75 Å². The fourth-order valence-corrected chi connectivity index (χ4v) is 4.50. The van der Waals surface area contributed by atoms with Gasteiger partial charge in [-0.25, -0.2) is 4.98 Å². The van der Waals surface area contributed by atoms with E-state index >= 15 is 0 Å². The number of aromatic amines is 1. The van der Waals surface area contributed by atoms with E-state index in [1.54, 1.807) is 11.8 Å². The Morgan fingerprint density at radius 1 is 1.11 bits per heavy atom. The smallest absolute Gasteiger partial charge is 0.253 e. The summed E-state index contributed by atoms with van der Waals surface area (Å²) >= 11 is 1.60. The summed E-state index contributed by atoms with van der Waals surface area (Å²) < 4.78 is 0. The van der Waals surface area contributed by atoms with Crippen molar-refractivity contribution >= 4 is 42.5 Å². The van der Waals surface area contributed by atoms with E-state index in [4.69, 9.17) is 0 Å². The number of nitrogens with one attached hydrogen (secondary N) is 2. The first-order chi connectivity index (χ1) is 12.3. The molecule has 2 aromatic rings. The summed E-state index contributed by atoms with van der Waals surface area (Å²) in [6, 6.07) is 7.97. The van der Waals surface area contributed by atoms with Gasteiger partial charge in [0, 0.05) is 24.4 Å². The summed E-state index contributed by atoms with van der Waals surface area (Å²) in [6.45, 7) is 3.99. The van der Waals surface area contributed by atoms with Crippen LogP contribution >= 0.6 is 36.6 Å². The molecule has 148 valence electrons. The fraction of sp³-hybridized carbons (Fsp3) is 0.500. The van der Waals surface area contributed by atoms with Crippen molar-refractivity contribution in [2.24, 2.45) is 11.8 Å². The van der Waals surface area contributed by atoms with Crippen LogP contribution < -0.4 is 5.32 Å². The minimum atomic E-state index is 0. The molecule has 0 saturated carbocycles. The van der Waals surface area contributed by atoms with Gasteiger partial charge in [0.2, 0.25) is 0 Å². The summed E-state index contributed by atoms with van der Waals surface area (Å²) in [5, 5.41) is 11.0. The molecule has 1 aromatic carbocycles. The van der Waals surface area contributed by atoms with E-state index in [1.807, 2.05) is 29.2 Å². The number of aromatic nitrogens is 3. The summed E-state index contributed by atoms with van der Waals surface area (Å²) in [5.41, 5.74) is 1.97. The van der Waals surface area contributed by atoms with Gasteiger partial charge in [-0.1, -0.05) is 23.9 Å². The van der Waals surface area contributed by atoms with Gasteiger partial charge < -0.3 is 10.2 Å². The first kappa shape index (κ1) is 22.0. The van der Waals surface area contributed by atoms with Crippen molar-refractivity contribution in [1.82, 2.24) is 25.4 Å². The molecular formula is C18H25Cl2N5OS. The van der Waals surface area contributed by atoms with Gasteiger partial charge in [-0.15, -0.1) is 24.8 Å². The van der Waals surface area contributed by atoms with E-state index in [1.165, 1.54) is 11.9 Å². The Bertz CT molecular complexity index is 699. The molecule has 0 unspecified atom stereocenters. The van der Waals surface area contributed by atoms with Gasteiger partial charge in [-0.2, -0.15) is 5.10 Å². The zero-order valence-corrected chi connectivity index (χ0v) is 17.4. The molecule has 4 rings (SSSR count). The molecule has 2 atom stereocenters. The summed E-state index contributed by atoms with van der Waals surface area (Å²) in [4.78, 5) is 19.0. The lowest BCUT2D eigenvalue weighted by molar-refractivity contribution is 0.0758. The number of hydrogen-bond donors (Lipinski definition) is 2. The fourth-order valence-electron chi connectivity index (χ4n) is 3.76. The number of halogens is 2. The van der Waals surface area contributed by atoms with Crippen LogP contribution in [0.15, 0.2) is 35.7 Å². The number of fused-ring (bicyclic) bond motifs is 1. The van der Waals surface area contributed by atoms with E-state index < -0.39 is 0 Å². The molecule has 0 aliphatic carbocycles. The minimum absolute atomic E-state index is 0. The van der Waals surface area contributed by atoms with Gasteiger partial charge in [0.05, 0.1) is 0 Å². The van der Waals surface area contributed by atoms with E-state index in [-0.39, 0.29) is 30.7 Å². The molecule has 2 aliphatic heterocycles. The Morgan fingerprint density at radius 2 is 1.78 bits per heavy atom. The number of thioether (sulfide) groups is 1. The number of hydrogen-bond acceptors (Lipinski definition) is 5. The lowest BCUT2D eigenvalue weighted by Crippen LogP contribution is -2.32. The van der Waals surface area contributed by atoms with Crippen LogP contribution in [0.5, 0.6) is 0 Å². The van der Waals surface area contributed by atoms with Crippen molar-refractivity contribution < 1.29 is 4.79 Å². The maximum Gasteiger partial charge on any atom is 0.253 e. The van der Waals surface area contributed by atoms with Crippen LogP contribution in [0.3, 0.4) is 0 Å². The molecule has 9 heteroatoms. The molecule has 0 bridgehead atoms. The molecule has 2 fully saturated rings. The predicted molar refractivity (Wildman–Crippen MR) is 112 cm³/mol. The monoisotopic (exact) mass is 429 g/mol. The van der Waals surface area contributed by atoms with Crippen molar-refractivity contribution in [3.05, 3.63) is 41.7 Å². The lowest BCUT2D eigenvalue weighted by atomic mass is 9.92. The maximum atomic E-state index is 12.8. The molecule has 0 spiro atoms. The van der Waals surface area contributed by atoms with Crippen LogP contribution in [0.1, 0.15) is 28.8 Å². The summed E-state index contributed by atoms with van der Waals surface area (Å²) in [7, 11) is 0. The number of likely N-dealkylation sites (tertiary alicyclic amines) is 1. The second-order valence-corrected chi connectivity index (χ2v) is 7.79. The highest BCUT2D eigenvalue weighted by Gasteiger charge is 2.31. The first-order valence-electron chi connectivity index (χ1n) is 8.86. The Kier molecular flexibility index (Phi) is 8.41. The molecule has 2 aliphatic rings. The Balaban J connectivity index is 0.00000131. The number of carbonyl (C=O) groups excluding carboxylic acids is 1. The molecule has 1 aromatic heterocycles. The zero-order chi connectivity index (χ0) is 17.1. The van der Waals surface area contributed by atoms with E-state index in [0.29, 0.717) is 0 Å².